The van der Waals surface area contributed by atoms with Crippen molar-refractivity contribution >= 4 is 16.9 Å². The van der Waals surface area contributed by atoms with Crippen molar-refractivity contribution < 1.29 is 17.6 Å². The molecule has 1 aliphatic heterocycles. The summed E-state index contributed by atoms with van der Waals surface area (Å²) < 4.78 is 56.9. The van der Waals surface area contributed by atoms with Crippen molar-refractivity contribution in [2.24, 2.45) is 0 Å². The van der Waals surface area contributed by atoms with Crippen LogP contribution in [-0.4, -0.2) is 31.3 Å². The first-order valence-electron chi connectivity index (χ1n) is 12.2. The SMILES string of the molecule is Cc1cccc(C)c1-n1nc2c(c1-c1c(F)cc(C)c3[nH]ccc13)CN(c1ncc(C(F)(F)F)cn1)CC2. The Labute approximate surface area is 216 Å². The van der Waals surface area contributed by atoms with E-state index in [9.17, 15) is 13.2 Å². The Kier molecular flexibility index (Phi) is 5.51. The Bertz CT molecular complexity index is 1660. The van der Waals surface area contributed by atoms with Gasteiger partial charge in [0.15, 0.2) is 0 Å². The maximum absolute atomic E-state index is 15.9. The van der Waals surface area contributed by atoms with E-state index in [1.165, 1.54) is 6.07 Å². The van der Waals surface area contributed by atoms with Gasteiger partial charge in [-0.15, -0.1) is 0 Å². The molecular weight excluding hydrogens is 496 g/mol. The highest BCUT2D eigenvalue weighted by Crippen LogP contribution is 2.40. The molecule has 3 aromatic heterocycles. The summed E-state index contributed by atoms with van der Waals surface area (Å²) in [5.41, 5.74) is 6.24. The quantitative estimate of drug-likeness (QED) is 0.278. The summed E-state index contributed by atoms with van der Waals surface area (Å²) in [6, 6.07) is 9.33. The van der Waals surface area contributed by atoms with Crippen molar-refractivity contribution in [1.82, 2.24) is 24.7 Å². The predicted octanol–water partition coefficient (Wildman–Crippen LogP) is 6.46. The summed E-state index contributed by atoms with van der Waals surface area (Å²) in [5, 5.41) is 5.71. The van der Waals surface area contributed by atoms with Crippen molar-refractivity contribution in [3.8, 4) is 16.9 Å². The van der Waals surface area contributed by atoms with Gasteiger partial charge in [-0.3, -0.25) is 0 Å². The molecule has 4 heterocycles. The van der Waals surface area contributed by atoms with Gasteiger partial charge in [-0.2, -0.15) is 18.3 Å². The highest BCUT2D eigenvalue weighted by atomic mass is 19.4. The summed E-state index contributed by atoms with van der Waals surface area (Å²) in [5.74, 6) is -0.182. The first-order valence-corrected chi connectivity index (χ1v) is 12.2. The number of hydrogen-bond donors (Lipinski definition) is 1. The van der Waals surface area contributed by atoms with Crippen LogP contribution in [0.3, 0.4) is 0 Å². The van der Waals surface area contributed by atoms with E-state index in [4.69, 9.17) is 5.10 Å². The van der Waals surface area contributed by atoms with Gasteiger partial charge in [0, 0.05) is 60.1 Å². The van der Waals surface area contributed by atoms with Crippen molar-refractivity contribution in [2.75, 3.05) is 11.4 Å². The number of hydrogen-bond acceptors (Lipinski definition) is 4. The second-order valence-corrected chi connectivity index (χ2v) is 9.68. The molecule has 0 bridgehead atoms. The second-order valence-electron chi connectivity index (χ2n) is 9.68. The topological polar surface area (TPSA) is 62.6 Å². The molecule has 194 valence electrons. The van der Waals surface area contributed by atoms with Crippen LogP contribution in [0.2, 0.25) is 0 Å². The Morgan fingerprint density at radius 1 is 0.974 bits per heavy atom. The smallest absolute Gasteiger partial charge is 0.361 e. The number of H-pyrrole nitrogens is 1. The summed E-state index contributed by atoms with van der Waals surface area (Å²) in [6.45, 7) is 6.59. The number of fused-ring (bicyclic) bond motifs is 2. The van der Waals surface area contributed by atoms with E-state index < -0.39 is 11.7 Å². The fraction of sp³-hybridized carbons (Fsp3) is 0.250. The van der Waals surface area contributed by atoms with Crippen molar-refractivity contribution in [3.05, 3.63) is 88.3 Å². The maximum Gasteiger partial charge on any atom is 0.419 e. The number of nitrogens with zero attached hydrogens (tertiary/aromatic N) is 5. The molecule has 0 spiro atoms. The molecule has 10 heteroatoms. The predicted molar refractivity (Wildman–Crippen MR) is 137 cm³/mol. The van der Waals surface area contributed by atoms with Gasteiger partial charge in [0.05, 0.1) is 22.6 Å². The number of benzene rings is 2. The molecule has 0 amide bonds. The third kappa shape index (κ3) is 3.82. The van der Waals surface area contributed by atoms with E-state index >= 15 is 4.39 Å². The van der Waals surface area contributed by atoms with Gasteiger partial charge in [-0.05, 0) is 49.6 Å². The zero-order valence-corrected chi connectivity index (χ0v) is 21.0. The summed E-state index contributed by atoms with van der Waals surface area (Å²) in [7, 11) is 0. The monoisotopic (exact) mass is 520 g/mol. The zero-order chi connectivity index (χ0) is 26.8. The minimum atomic E-state index is -4.52. The number of rotatable bonds is 3. The highest BCUT2D eigenvalue weighted by Gasteiger charge is 2.33. The summed E-state index contributed by atoms with van der Waals surface area (Å²) >= 11 is 0. The van der Waals surface area contributed by atoms with Crippen LogP contribution in [0.15, 0.2) is 48.9 Å². The molecule has 5 aromatic rings. The van der Waals surface area contributed by atoms with Gasteiger partial charge in [0.2, 0.25) is 5.95 Å². The number of halogens is 4. The molecule has 2 aromatic carbocycles. The molecule has 6 nitrogen and oxygen atoms in total. The molecule has 1 N–H and O–H groups in total. The average molecular weight is 521 g/mol. The van der Waals surface area contributed by atoms with Crippen LogP contribution in [0.1, 0.15) is 33.5 Å². The molecule has 0 fully saturated rings. The largest absolute Gasteiger partial charge is 0.419 e. The molecule has 1 aliphatic rings. The van der Waals surface area contributed by atoms with E-state index in [2.05, 4.69) is 15.0 Å². The van der Waals surface area contributed by atoms with Crippen LogP contribution in [0.5, 0.6) is 0 Å². The third-order valence-corrected chi connectivity index (χ3v) is 7.16. The van der Waals surface area contributed by atoms with Gasteiger partial charge in [-0.1, -0.05) is 18.2 Å². The molecule has 6 rings (SSSR count). The van der Waals surface area contributed by atoms with E-state index in [0.717, 1.165) is 56.9 Å². The van der Waals surface area contributed by atoms with Crippen LogP contribution < -0.4 is 4.90 Å². The maximum atomic E-state index is 15.9. The minimum Gasteiger partial charge on any atom is -0.361 e. The Hall–Kier alpha value is -4.21. The summed E-state index contributed by atoms with van der Waals surface area (Å²) in [4.78, 5) is 13.0. The number of nitrogens with one attached hydrogen (secondary N) is 1. The normalized spacial score (nSPS) is 13.8. The lowest BCUT2D eigenvalue weighted by atomic mass is 9.96. The highest BCUT2D eigenvalue weighted by molar-refractivity contribution is 5.97. The number of aryl methyl sites for hydroxylation is 3. The zero-order valence-electron chi connectivity index (χ0n) is 21.0. The second kappa shape index (κ2) is 8.68. The Morgan fingerprint density at radius 3 is 2.37 bits per heavy atom. The molecule has 0 aliphatic carbocycles. The first kappa shape index (κ1) is 24.1. The third-order valence-electron chi connectivity index (χ3n) is 7.16. The molecular formula is C28H24F4N6. The standard InChI is InChI=1S/C28H24F4N6/c1-15-5-4-6-16(2)25(15)38-26(23-19-7-9-33-24(19)17(3)11-21(23)29)20-14-37(10-8-22(20)36-38)27-34-12-18(13-35-27)28(30,31)32/h4-7,9,11-13,33H,8,10,14H2,1-3H3. The van der Waals surface area contributed by atoms with Crippen molar-refractivity contribution in [3.63, 3.8) is 0 Å². The van der Waals surface area contributed by atoms with Gasteiger partial charge in [0.1, 0.15) is 5.82 Å². The van der Waals surface area contributed by atoms with E-state index in [0.29, 0.717) is 24.2 Å². The van der Waals surface area contributed by atoms with E-state index in [1.807, 2.05) is 54.6 Å². The Morgan fingerprint density at radius 2 is 1.68 bits per heavy atom. The lowest BCUT2D eigenvalue weighted by molar-refractivity contribution is -0.138. The number of anilines is 1. The van der Waals surface area contributed by atoms with E-state index in [-0.39, 0.29) is 18.3 Å². The number of aromatic nitrogens is 5. The Balaban J connectivity index is 1.56. The number of aromatic amines is 1. The van der Waals surface area contributed by atoms with Crippen molar-refractivity contribution in [2.45, 2.75) is 39.9 Å². The van der Waals surface area contributed by atoms with Crippen LogP contribution in [0, 0.1) is 26.6 Å². The summed E-state index contributed by atoms with van der Waals surface area (Å²) in [6.07, 6.45) is -0.633. The molecule has 0 saturated heterocycles. The number of alkyl halides is 3. The van der Waals surface area contributed by atoms with E-state index in [1.54, 1.807) is 6.20 Å². The molecule has 0 atom stereocenters. The van der Waals surface area contributed by atoms with Crippen LogP contribution >= 0.6 is 0 Å². The van der Waals surface area contributed by atoms with Crippen LogP contribution in [-0.2, 0) is 19.1 Å². The van der Waals surface area contributed by atoms with Gasteiger partial charge in [0.25, 0.3) is 0 Å². The number of para-hydroxylation sites is 1. The fourth-order valence-electron chi connectivity index (χ4n) is 5.34. The van der Waals surface area contributed by atoms with Gasteiger partial charge >= 0.3 is 6.18 Å². The van der Waals surface area contributed by atoms with Crippen molar-refractivity contribution in [1.29, 1.82) is 0 Å². The lowest BCUT2D eigenvalue weighted by Crippen LogP contribution is -2.31. The fourth-order valence-corrected chi connectivity index (χ4v) is 5.34. The van der Waals surface area contributed by atoms with Crippen LogP contribution in [0.25, 0.3) is 27.8 Å². The minimum absolute atomic E-state index is 0.186. The lowest BCUT2D eigenvalue weighted by Gasteiger charge is -2.27. The van der Waals surface area contributed by atoms with Gasteiger partial charge in [-0.25, -0.2) is 19.0 Å². The molecule has 0 radical (unpaired) electrons. The molecule has 38 heavy (non-hydrogen) atoms. The van der Waals surface area contributed by atoms with Crippen LogP contribution in [0.4, 0.5) is 23.5 Å². The average Bonchev–Trinajstić information content (AvgIpc) is 3.49. The first-order chi connectivity index (χ1) is 18.1. The molecule has 0 saturated carbocycles. The van der Waals surface area contributed by atoms with Gasteiger partial charge < -0.3 is 9.88 Å². The molecule has 0 unspecified atom stereocenters.